The smallest absolute Gasteiger partial charge is 0.240 e. The number of sulfonamides is 1. The Bertz CT molecular complexity index is 523. The van der Waals surface area contributed by atoms with Crippen molar-refractivity contribution >= 4 is 10.0 Å². The molecule has 0 amide bonds. The SMILES string of the molecule is COCCOc1ccc(S(=O)(=O)NC[C@@H]2CCOC2)cc1. The second-order valence-electron chi connectivity index (χ2n) is 4.89. The zero-order valence-corrected chi connectivity index (χ0v) is 12.9. The van der Waals surface area contributed by atoms with Crippen LogP contribution in [0.4, 0.5) is 0 Å². The van der Waals surface area contributed by atoms with Crippen LogP contribution in [0.15, 0.2) is 29.2 Å². The van der Waals surface area contributed by atoms with Gasteiger partial charge in [0.15, 0.2) is 0 Å². The van der Waals surface area contributed by atoms with Gasteiger partial charge in [0, 0.05) is 20.3 Å². The van der Waals surface area contributed by atoms with E-state index in [2.05, 4.69) is 4.72 Å². The molecule has 1 aromatic rings. The normalized spacial score (nSPS) is 18.8. The van der Waals surface area contributed by atoms with Gasteiger partial charge >= 0.3 is 0 Å². The average Bonchev–Trinajstić information content (AvgIpc) is 3.00. The summed E-state index contributed by atoms with van der Waals surface area (Å²) in [4.78, 5) is 0.237. The molecule has 1 aliphatic rings. The van der Waals surface area contributed by atoms with Gasteiger partial charge in [0.2, 0.25) is 10.0 Å². The quantitative estimate of drug-likeness (QED) is 0.725. The number of rotatable bonds is 8. The highest BCUT2D eigenvalue weighted by atomic mass is 32.2. The van der Waals surface area contributed by atoms with Gasteiger partial charge in [-0.2, -0.15) is 0 Å². The van der Waals surface area contributed by atoms with E-state index in [1.807, 2.05) is 0 Å². The summed E-state index contributed by atoms with van der Waals surface area (Å²) in [5.74, 6) is 0.881. The third-order valence-corrected chi connectivity index (χ3v) is 4.72. The van der Waals surface area contributed by atoms with E-state index in [4.69, 9.17) is 14.2 Å². The molecule has 0 aromatic heterocycles. The standard InChI is InChI=1S/C14H21NO5S/c1-18-8-9-20-13-2-4-14(5-3-13)21(16,17)15-10-12-6-7-19-11-12/h2-5,12,15H,6-11H2,1H3/t12-/m0/s1. The van der Waals surface area contributed by atoms with Crippen molar-refractivity contribution in [2.75, 3.05) is 40.1 Å². The summed E-state index contributed by atoms with van der Waals surface area (Å²) in [7, 11) is -1.88. The number of hydrogen-bond donors (Lipinski definition) is 1. The van der Waals surface area contributed by atoms with Crippen molar-refractivity contribution in [1.82, 2.24) is 4.72 Å². The predicted octanol–water partition coefficient (Wildman–Crippen LogP) is 1.03. The Morgan fingerprint density at radius 3 is 2.67 bits per heavy atom. The van der Waals surface area contributed by atoms with Crippen molar-refractivity contribution in [3.63, 3.8) is 0 Å². The zero-order chi connectivity index (χ0) is 15.1. The maximum absolute atomic E-state index is 12.1. The maximum atomic E-state index is 12.1. The third kappa shape index (κ3) is 4.96. The molecule has 7 heteroatoms. The first-order chi connectivity index (χ1) is 10.1. The van der Waals surface area contributed by atoms with E-state index >= 15 is 0 Å². The van der Waals surface area contributed by atoms with Gasteiger partial charge in [-0.25, -0.2) is 13.1 Å². The van der Waals surface area contributed by atoms with Gasteiger partial charge in [-0.15, -0.1) is 0 Å². The van der Waals surface area contributed by atoms with E-state index in [1.165, 1.54) is 12.1 Å². The van der Waals surface area contributed by atoms with E-state index in [0.29, 0.717) is 38.7 Å². The van der Waals surface area contributed by atoms with Gasteiger partial charge in [-0.3, -0.25) is 0 Å². The van der Waals surface area contributed by atoms with Crippen LogP contribution in [0.5, 0.6) is 5.75 Å². The lowest BCUT2D eigenvalue weighted by atomic mass is 10.1. The van der Waals surface area contributed by atoms with Gasteiger partial charge in [0.25, 0.3) is 0 Å². The Hall–Kier alpha value is -1.15. The molecule has 21 heavy (non-hydrogen) atoms. The van der Waals surface area contributed by atoms with Crippen molar-refractivity contribution in [3.05, 3.63) is 24.3 Å². The van der Waals surface area contributed by atoms with Crippen molar-refractivity contribution < 1.29 is 22.6 Å². The Balaban J connectivity index is 1.89. The minimum atomic E-state index is -3.48. The molecule has 1 fully saturated rings. The molecule has 0 bridgehead atoms. The molecule has 1 aromatic carbocycles. The molecular weight excluding hydrogens is 294 g/mol. The van der Waals surface area contributed by atoms with Crippen molar-refractivity contribution in [2.24, 2.45) is 5.92 Å². The van der Waals surface area contributed by atoms with Crippen LogP contribution in [-0.2, 0) is 19.5 Å². The molecule has 0 saturated carbocycles. The summed E-state index contributed by atoms with van der Waals surface area (Å²) in [5, 5.41) is 0. The minimum absolute atomic E-state index is 0.237. The molecule has 1 atom stereocenters. The molecule has 1 saturated heterocycles. The zero-order valence-electron chi connectivity index (χ0n) is 12.1. The molecule has 1 N–H and O–H groups in total. The molecule has 0 radical (unpaired) electrons. The van der Waals surface area contributed by atoms with Gasteiger partial charge in [0.1, 0.15) is 12.4 Å². The largest absolute Gasteiger partial charge is 0.491 e. The molecule has 0 aliphatic carbocycles. The molecule has 1 heterocycles. The van der Waals surface area contributed by atoms with E-state index < -0.39 is 10.0 Å². The van der Waals surface area contributed by atoms with Crippen LogP contribution in [0.3, 0.4) is 0 Å². The first kappa shape index (κ1) is 16.2. The monoisotopic (exact) mass is 315 g/mol. The van der Waals surface area contributed by atoms with E-state index in [1.54, 1.807) is 19.2 Å². The summed E-state index contributed by atoms with van der Waals surface area (Å²) in [6.45, 7) is 2.66. The molecule has 0 spiro atoms. The fraction of sp³-hybridized carbons (Fsp3) is 0.571. The average molecular weight is 315 g/mol. The molecule has 1 aliphatic heterocycles. The van der Waals surface area contributed by atoms with Crippen LogP contribution in [0.25, 0.3) is 0 Å². The van der Waals surface area contributed by atoms with Crippen LogP contribution in [-0.4, -0.2) is 48.5 Å². The molecule has 0 unspecified atom stereocenters. The number of nitrogens with one attached hydrogen (secondary N) is 1. The van der Waals surface area contributed by atoms with Crippen LogP contribution in [0, 0.1) is 5.92 Å². The predicted molar refractivity (Wildman–Crippen MR) is 77.9 cm³/mol. The Labute approximate surface area is 125 Å². The summed E-state index contributed by atoms with van der Waals surface area (Å²) in [6.07, 6.45) is 0.898. The second kappa shape index (κ2) is 7.74. The van der Waals surface area contributed by atoms with Gasteiger partial charge in [0.05, 0.1) is 18.1 Å². The fourth-order valence-electron chi connectivity index (χ4n) is 2.01. The first-order valence-electron chi connectivity index (χ1n) is 6.91. The minimum Gasteiger partial charge on any atom is -0.491 e. The van der Waals surface area contributed by atoms with Crippen LogP contribution < -0.4 is 9.46 Å². The molecule has 6 nitrogen and oxygen atoms in total. The molecule has 118 valence electrons. The first-order valence-corrected chi connectivity index (χ1v) is 8.39. The highest BCUT2D eigenvalue weighted by molar-refractivity contribution is 7.89. The van der Waals surface area contributed by atoms with Crippen LogP contribution in [0.1, 0.15) is 6.42 Å². The Morgan fingerprint density at radius 2 is 2.05 bits per heavy atom. The van der Waals surface area contributed by atoms with E-state index in [-0.39, 0.29) is 10.8 Å². The van der Waals surface area contributed by atoms with Gasteiger partial charge in [-0.05, 0) is 36.6 Å². The molecular formula is C14H21NO5S. The lowest BCUT2D eigenvalue weighted by molar-refractivity contribution is 0.146. The number of benzene rings is 1. The Kier molecular flexibility index (Phi) is 5.98. The number of ether oxygens (including phenoxy) is 3. The third-order valence-electron chi connectivity index (χ3n) is 3.28. The maximum Gasteiger partial charge on any atom is 0.240 e. The van der Waals surface area contributed by atoms with Crippen LogP contribution >= 0.6 is 0 Å². The van der Waals surface area contributed by atoms with Crippen molar-refractivity contribution in [2.45, 2.75) is 11.3 Å². The van der Waals surface area contributed by atoms with Gasteiger partial charge in [-0.1, -0.05) is 0 Å². The van der Waals surface area contributed by atoms with Crippen molar-refractivity contribution in [1.29, 1.82) is 0 Å². The highest BCUT2D eigenvalue weighted by Gasteiger charge is 2.20. The second-order valence-corrected chi connectivity index (χ2v) is 6.66. The summed E-state index contributed by atoms with van der Waals surface area (Å²) >= 11 is 0. The lowest BCUT2D eigenvalue weighted by Gasteiger charge is -2.11. The fourth-order valence-corrected chi connectivity index (χ4v) is 3.13. The Morgan fingerprint density at radius 1 is 1.29 bits per heavy atom. The van der Waals surface area contributed by atoms with Gasteiger partial charge < -0.3 is 14.2 Å². The van der Waals surface area contributed by atoms with E-state index in [9.17, 15) is 8.42 Å². The number of hydrogen-bond acceptors (Lipinski definition) is 5. The lowest BCUT2D eigenvalue weighted by Crippen LogP contribution is -2.29. The highest BCUT2D eigenvalue weighted by Crippen LogP contribution is 2.17. The van der Waals surface area contributed by atoms with Crippen LogP contribution in [0.2, 0.25) is 0 Å². The summed E-state index contributed by atoms with van der Waals surface area (Å²) in [6, 6.07) is 6.36. The molecule has 2 rings (SSSR count). The topological polar surface area (TPSA) is 73.9 Å². The summed E-state index contributed by atoms with van der Waals surface area (Å²) in [5.41, 5.74) is 0. The summed E-state index contributed by atoms with van der Waals surface area (Å²) < 4.78 is 42.4. The van der Waals surface area contributed by atoms with E-state index in [0.717, 1.165) is 6.42 Å². The number of methoxy groups -OCH3 is 1. The van der Waals surface area contributed by atoms with Crippen molar-refractivity contribution in [3.8, 4) is 5.75 Å².